The van der Waals surface area contributed by atoms with Crippen LogP contribution < -0.4 is 5.11 Å². The summed E-state index contributed by atoms with van der Waals surface area (Å²) in [6.45, 7) is 0. The molecule has 0 aromatic rings. The van der Waals surface area contributed by atoms with Gasteiger partial charge in [-0.1, -0.05) is 0 Å². The first-order valence-corrected chi connectivity index (χ1v) is 3.12. The van der Waals surface area contributed by atoms with E-state index in [9.17, 15) is 27.9 Å². The standard InChI is InChI=1S/C5H4ClF3O3/c6-3(4(11)12)2(10)1-5(7,8)9/h3H,1H2,(H,11,12)/p-1. The molecule has 0 amide bonds. The minimum absolute atomic E-state index is 1.62. The number of hydrogen-bond acceptors (Lipinski definition) is 3. The average molecular weight is 204 g/mol. The van der Waals surface area contributed by atoms with Crippen molar-refractivity contribution in [3.8, 4) is 0 Å². The second kappa shape index (κ2) is 3.75. The molecule has 0 fully saturated rings. The smallest absolute Gasteiger partial charge is 0.395 e. The summed E-state index contributed by atoms with van der Waals surface area (Å²) >= 11 is 4.76. The van der Waals surface area contributed by atoms with Gasteiger partial charge < -0.3 is 9.90 Å². The summed E-state index contributed by atoms with van der Waals surface area (Å²) in [5, 5.41) is 7.57. The highest BCUT2D eigenvalue weighted by molar-refractivity contribution is 6.40. The van der Waals surface area contributed by atoms with Gasteiger partial charge in [0.15, 0.2) is 5.78 Å². The molecular formula is C5H3ClF3O3-. The number of ketones is 1. The molecule has 0 aliphatic rings. The van der Waals surface area contributed by atoms with Crippen molar-refractivity contribution in [1.82, 2.24) is 0 Å². The highest BCUT2D eigenvalue weighted by atomic mass is 35.5. The zero-order chi connectivity index (χ0) is 9.94. The Morgan fingerprint density at radius 1 is 1.42 bits per heavy atom. The fraction of sp³-hybridized carbons (Fsp3) is 0.600. The third kappa shape index (κ3) is 4.17. The summed E-state index contributed by atoms with van der Waals surface area (Å²) in [6.07, 6.45) is -6.59. The van der Waals surface area contributed by atoms with Gasteiger partial charge in [-0.15, -0.1) is 11.6 Å². The number of alkyl halides is 4. The van der Waals surface area contributed by atoms with Crippen LogP contribution in [-0.4, -0.2) is 23.3 Å². The van der Waals surface area contributed by atoms with E-state index in [-0.39, 0.29) is 0 Å². The van der Waals surface area contributed by atoms with E-state index < -0.39 is 29.7 Å². The van der Waals surface area contributed by atoms with E-state index in [0.717, 1.165) is 0 Å². The van der Waals surface area contributed by atoms with Gasteiger partial charge in [-0.05, 0) is 0 Å². The van der Waals surface area contributed by atoms with E-state index in [1.807, 2.05) is 0 Å². The van der Waals surface area contributed by atoms with E-state index in [4.69, 9.17) is 11.6 Å². The monoisotopic (exact) mass is 203 g/mol. The van der Waals surface area contributed by atoms with Crippen molar-refractivity contribution in [1.29, 1.82) is 0 Å². The van der Waals surface area contributed by atoms with Crippen molar-refractivity contribution in [3.63, 3.8) is 0 Å². The lowest BCUT2D eigenvalue weighted by Crippen LogP contribution is -2.38. The Kier molecular flexibility index (Phi) is 3.51. The minimum atomic E-state index is -4.74. The van der Waals surface area contributed by atoms with E-state index in [0.29, 0.717) is 0 Å². The molecule has 0 saturated heterocycles. The van der Waals surface area contributed by atoms with Crippen LogP contribution in [-0.2, 0) is 9.59 Å². The molecule has 0 rings (SSSR count). The van der Waals surface area contributed by atoms with Gasteiger partial charge in [0.25, 0.3) is 0 Å². The molecule has 0 aromatic carbocycles. The SMILES string of the molecule is O=C([O-])C(Cl)C(=O)CC(F)(F)F. The van der Waals surface area contributed by atoms with Gasteiger partial charge in [0.05, 0.1) is 5.97 Å². The molecule has 0 heterocycles. The first-order chi connectivity index (χ1) is 5.24. The maximum absolute atomic E-state index is 11.4. The third-order valence-electron chi connectivity index (χ3n) is 0.864. The van der Waals surface area contributed by atoms with Crippen molar-refractivity contribution in [2.75, 3.05) is 0 Å². The van der Waals surface area contributed by atoms with Crippen LogP contribution >= 0.6 is 11.6 Å². The summed E-state index contributed by atoms with van der Waals surface area (Å²) < 4.78 is 34.3. The van der Waals surface area contributed by atoms with Crippen LogP contribution in [0.15, 0.2) is 0 Å². The average Bonchev–Trinajstić information content (AvgIpc) is 1.82. The number of carbonyl (C=O) groups is 2. The van der Waals surface area contributed by atoms with Crippen molar-refractivity contribution in [2.24, 2.45) is 0 Å². The number of hydrogen-bond donors (Lipinski definition) is 0. The topological polar surface area (TPSA) is 57.2 Å². The molecule has 1 atom stereocenters. The number of rotatable bonds is 3. The van der Waals surface area contributed by atoms with Gasteiger partial charge in [-0.2, -0.15) is 13.2 Å². The van der Waals surface area contributed by atoms with Crippen molar-refractivity contribution in [3.05, 3.63) is 0 Å². The molecule has 0 aliphatic carbocycles. The Labute approximate surface area is 70.1 Å². The van der Waals surface area contributed by atoms with Gasteiger partial charge >= 0.3 is 6.18 Å². The van der Waals surface area contributed by atoms with Crippen LogP contribution in [0, 0.1) is 0 Å². The van der Waals surface area contributed by atoms with Crippen molar-refractivity contribution in [2.45, 2.75) is 18.0 Å². The van der Waals surface area contributed by atoms with E-state index >= 15 is 0 Å². The predicted molar refractivity (Wildman–Crippen MR) is 30.3 cm³/mol. The van der Waals surface area contributed by atoms with Crippen LogP contribution in [0.2, 0.25) is 0 Å². The molecule has 0 aliphatic heterocycles. The highest BCUT2D eigenvalue weighted by Gasteiger charge is 2.34. The zero-order valence-corrected chi connectivity index (χ0v) is 6.28. The fourth-order valence-corrected chi connectivity index (χ4v) is 0.496. The molecule has 12 heavy (non-hydrogen) atoms. The molecule has 0 spiro atoms. The second-order valence-corrected chi connectivity index (χ2v) is 2.38. The number of carboxylic acid groups (broad SMARTS) is 1. The Morgan fingerprint density at radius 2 is 1.83 bits per heavy atom. The van der Waals surface area contributed by atoms with Gasteiger partial charge in [0, 0.05) is 0 Å². The zero-order valence-electron chi connectivity index (χ0n) is 5.52. The normalized spacial score (nSPS) is 14.0. The Balaban J connectivity index is 4.15. The Morgan fingerprint density at radius 3 is 2.08 bits per heavy atom. The number of halogens is 4. The van der Waals surface area contributed by atoms with E-state index in [2.05, 4.69) is 0 Å². The Hall–Kier alpha value is -0.780. The molecule has 1 unspecified atom stereocenters. The molecule has 7 heteroatoms. The number of Topliss-reactive ketones (excluding diaryl/α,β-unsaturated/α-hetero) is 1. The quantitative estimate of drug-likeness (QED) is 0.474. The summed E-state index contributed by atoms with van der Waals surface area (Å²) in [4.78, 5) is 20.1. The van der Waals surface area contributed by atoms with Crippen LogP contribution in [0.25, 0.3) is 0 Å². The maximum atomic E-state index is 11.4. The summed E-state index contributed by atoms with van der Waals surface area (Å²) in [5.74, 6) is -3.64. The third-order valence-corrected chi connectivity index (χ3v) is 1.29. The molecule has 0 saturated carbocycles. The summed E-state index contributed by atoms with van der Waals surface area (Å²) in [6, 6.07) is 0. The lowest BCUT2D eigenvalue weighted by atomic mass is 10.2. The largest absolute Gasteiger partial charge is 0.548 e. The number of carbonyl (C=O) groups excluding carboxylic acids is 2. The fourth-order valence-electron chi connectivity index (χ4n) is 0.419. The number of aliphatic carboxylic acids is 1. The molecule has 0 radical (unpaired) electrons. The lowest BCUT2D eigenvalue weighted by molar-refractivity contribution is -0.304. The Bertz CT molecular complexity index is 201. The molecule has 3 nitrogen and oxygen atoms in total. The second-order valence-electron chi connectivity index (χ2n) is 1.94. The van der Waals surface area contributed by atoms with E-state index in [1.54, 1.807) is 0 Å². The number of carboxylic acids is 1. The molecule has 70 valence electrons. The molecular weight excluding hydrogens is 200 g/mol. The van der Waals surface area contributed by atoms with Crippen LogP contribution in [0.5, 0.6) is 0 Å². The maximum Gasteiger partial charge on any atom is 0.395 e. The lowest BCUT2D eigenvalue weighted by Gasteiger charge is -2.10. The highest BCUT2D eigenvalue weighted by Crippen LogP contribution is 2.21. The van der Waals surface area contributed by atoms with Gasteiger partial charge in [0.2, 0.25) is 0 Å². The van der Waals surface area contributed by atoms with Gasteiger partial charge in [0.1, 0.15) is 11.8 Å². The van der Waals surface area contributed by atoms with Crippen LogP contribution in [0.4, 0.5) is 13.2 Å². The molecule has 0 aromatic heterocycles. The summed E-state index contributed by atoms with van der Waals surface area (Å²) in [5.41, 5.74) is 0. The van der Waals surface area contributed by atoms with Crippen LogP contribution in [0.3, 0.4) is 0 Å². The summed E-state index contributed by atoms with van der Waals surface area (Å²) in [7, 11) is 0. The van der Waals surface area contributed by atoms with E-state index in [1.165, 1.54) is 0 Å². The first-order valence-electron chi connectivity index (χ1n) is 2.68. The first kappa shape index (κ1) is 11.2. The van der Waals surface area contributed by atoms with Gasteiger partial charge in [-0.3, -0.25) is 4.79 Å². The minimum Gasteiger partial charge on any atom is -0.548 e. The molecule has 0 bridgehead atoms. The van der Waals surface area contributed by atoms with Crippen molar-refractivity contribution >= 4 is 23.4 Å². The van der Waals surface area contributed by atoms with Gasteiger partial charge in [-0.25, -0.2) is 0 Å². The molecule has 0 N–H and O–H groups in total. The van der Waals surface area contributed by atoms with Crippen molar-refractivity contribution < 1.29 is 27.9 Å². The van der Waals surface area contributed by atoms with Crippen LogP contribution in [0.1, 0.15) is 6.42 Å². The predicted octanol–water partition coefficient (Wildman–Crippen LogP) is -0.135.